The van der Waals surface area contributed by atoms with Crippen LogP contribution in [0.3, 0.4) is 0 Å². The smallest absolute Gasteiger partial charge is 0.338 e. The van der Waals surface area contributed by atoms with Gasteiger partial charge in [0.2, 0.25) is 0 Å². The minimum atomic E-state index is -0.554. The molecule has 1 aliphatic rings. The normalized spacial score (nSPS) is 12.2. The summed E-state index contributed by atoms with van der Waals surface area (Å²) in [6, 6.07) is 13.0. The first-order valence-corrected chi connectivity index (χ1v) is 10.2. The van der Waals surface area contributed by atoms with Crippen LogP contribution in [0.4, 0.5) is 0 Å². The molecule has 1 heterocycles. The van der Waals surface area contributed by atoms with Gasteiger partial charge >= 0.3 is 5.97 Å². The van der Waals surface area contributed by atoms with Crippen LogP contribution in [-0.2, 0) is 20.9 Å². The molecule has 1 aliphatic heterocycles. The Labute approximate surface area is 182 Å². The van der Waals surface area contributed by atoms with Gasteiger partial charge < -0.3 is 23.8 Å². The Morgan fingerprint density at radius 1 is 1.10 bits per heavy atom. The molecule has 0 N–H and O–H groups in total. The summed E-state index contributed by atoms with van der Waals surface area (Å²) in [4.78, 5) is 26.6. The summed E-state index contributed by atoms with van der Waals surface area (Å²) in [5, 5.41) is 0. The first-order chi connectivity index (χ1) is 15.0. The molecule has 0 aliphatic carbocycles. The van der Waals surface area contributed by atoms with Crippen molar-refractivity contribution in [1.82, 2.24) is 4.90 Å². The van der Waals surface area contributed by atoms with Crippen LogP contribution in [0, 0.1) is 0 Å². The van der Waals surface area contributed by atoms with Gasteiger partial charge in [0.05, 0.1) is 19.3 Å². The Bertz CT molecular complexity index is 968. The molecule has 0 saturated carbocycles. The average Bonchev–Trinajstić information content (AvgIpc) is 2.81. The summed E-state index contributed by atoms with van der Waals surface area (Å²) in [6.07, 6.45) is 1.73. The number of carbonyl (C=O) groups excluding carboxylic acids is 2. The van der Waals surface area contributed by atoms with Crippen molar-refractivity contribution in [1.29, 1.82) is 0 Å². The Balaban J connectivity index is 1.59. The Morgan fingerprint density at radius 2 is 1.90 bits per heavy atom. The molecular formula is C24H27NO6. The van der Waals surface area contributed by atoms with Gasteiger partial charge in [-0.05, 0) is 43.7 Å². The number of benzene rings is 2. The molecule has 164 valence electrons. The van der Waals surface area contributed by atoms with Crippen LogP contribution >= 0.6 is 0 Å². The third-order valence-electron chi connectivity index (χ3n) is 4.86. The van der Waals surface area contributed by atoms with E-state index >= 15 is 0 Å². The third kappa shape index (κ3) is 5.57. The maximum atomic E-state index is 12.6. The molecule has 0 atom stereocenters. The van der Waals surface area contributed by atoms with E-state index in [2.05, 4.69) is 0 Å². The fourth-order valence-electron chi connectivity index (χ4n) is 3.23. The maximum Gasteiger partial charge on any atom is 0.338 e. The molecule has 7 nitrogen and oxygen atoms in total. The van der Waals surface area contributed by atoms with Crippen molar-refractivity contribution < 1.29 is 28.5 Å². The number of likely N-dealkylation sites (N-methyl/N-ethyl adjacent to an activating group) is 1. The van der Waals surface area contributed by atoms with E-state index in [9.17, 15) is 9.59 Å². The number of ether oxygens (including phenoxy) is 4. The van der Waals surface area contributed by atoms with Crippen LogP contribution in [0.2, 0.25) is 0 Å². The molecule has 31 heavy (non-hydrogen) atoms. The molecule has 0 bridgehead atoms. The average molecular weight is 425 g/mol. The van der Waals surface area contributed by atoms with Crippen LogP contribution in [0.25, 0.3) is 6.08 Å². The third-order valence-corrected chi connectivity index (χ3v) is 4.86. The van der Waals surface area contributed by atoms with Crippen molar-refractivity contribution in [3.8, 4) is 17.2 Å². The van der Waals surface area contributed by atoms with E-state index < -0.39 is 5.97 Å². The summed E-state index contributed by atoms with van der Waals surface area (Å²) < 4.78 is 21.7. The number of nitrogens with zero attached hydrogens (tertiary/aromatic N) is 1. The maximum absolute atomic E-state index is 12.6. The quantitative estimate of drug-likeness (QED) is 0.573. The zero-order valence-corrected chi connectivity index (χ0v) is 18.1. The fraction of sp³-hybridized carbons (Fsp3) is 0.333. The van der Waals surface area contributed by atoms with Crippen molar-refractivity contribution in [3.05, 3.63) is 59.2 Å². The highest BCUT2D eigenvalue weighted by atomic mass is 16.5. The van der Waals surface area contributed by atoms with E-state index in [1.165, 1.54) is 0 Å². The number of hydrogen-bond acceptors (Lipinski definition) is 6. The lowest BCUT2D eigenvalue weighted by Crippen LogP contribution is -2.34. The van der Waals surface area contributed by atoms with Gasteiger partial charge in [-0.3, -0.25) is 4.79 Å². The molecule has 0 aromatic heterocycles. The molecule has 1 amide bonds. The van der Waals surface area contributed by atoms with Crippen molar-refractivity contribution in [2.24, 2.45) is 0 Å². The minimum absolute atomic E-state index is 0.119. The molecule has 7 heteroatoms. The van der Waals surface area contributed by atoms with Crippen LogP contribution in [0.15, 0.2) is 48.0 Å². The molecule has 3 rings (SSSR count). The molecule has 0 saturated heterocycles. The van der Waals surface area contributed by atoms with Crippen LogP contribution in [-0.4, -0.2) is 50.3 Å². The number of amides is 1. The Morgan fingerprint density at radius 3 is 2.65 bits per heavy atom. The van der Waals surface area contributed by atoms with E-state index in [1.807, 2.05) is 56.3 Å². The zero-order valence-electron chi connectivity index (χ0n) is 18.1. The minimum Gasteiger partial charge on any atom is -0.493 e. The predicted octanol–water partition coefficient (Wildman–Crippen LogP) is 3.46. The van der Waals surface area contributed by atoms with Gasteiger partial charge in [0.25, 0.3) is 5.91 Å². The number of rotatable bonds is 9. The number of fused-ring (bicyclic) bond motifs is 1. The Kier molecular flexibility index (Phi) is 7.54. The van der Waals surface area contributed by atoms with Gasteiger partial charge in [-0.25, -0.2) is 4.79 Å². The highest BCUT2D eigenvalue weighted by Gasteiger charge is 2.21. The molecule has 0 unspecified atom stereocenters. The van der Waals surface area contributed by atoms with Gasteiger partial charge in [0.1, 0.15) is 12.4 Å². The number of hydrogen-bond donors (Lipinski definition) is 0. The highest BCUT2D eigenvalue weighted by Crippen LogP contribution is 2.29. The summed E-state index contributed by atoms with van der Waals surface area (Å²) in [5.41, 5.74) is 2.08. The number of methoxy groups -OCH3 is 1. The summed E-state index contributed by atoms with van der Waals surface area (Å²) >= 11 is 0. The van der Waals surface area contributed by atoms with E-state index in [0.29, 0.717) is 36.8 Å². The van der Waals surface area contributed by atoms with Crippen LogP contribution in [0.1, 0.15) is 25.0 Å². The molecule has 2 aromatic carbocycles. The summed E-state index contributed by atoms with van der Waals surface area (Å²) in [5.74, 6) is 1.15. The van der Waals surface area contributed by atoms with E-state index in [0.717, 1.165) is 16.9 Å². The standard InChI is InChI=1S/C24H27NO6/c1-4-25(14-17-10-11-21(29-5-2)22(12-17)28-3)23(26)16-31-24(27)19-13-18-8-6-7-9-20(18)30-15-19/h6-13H,4-5,14-16H2,1-3H3. The predicted molar refractivity (Wildman–Crippen MR) is 116 cm³/mol. The van der Waals surface area contributed by atoms with E-state index in [1.54, 1.807) is 18.1 Å². The summed E-state index contributed by atoms with van der Waals surface area (Å²) in [6.45, 7) is 4.95. The summed E-state index contributed by atoms with van der Waals surface area (Å²) in [7, 11) is 1.58. The lowest BCUT2D eigenvalue weighted by atomic mass is 10.1. The van der Waals surface area contributed by atoms with Crippen LogP contribution < -0.4 is 14.2 Å². The molecule has 0 radical (unpaired) electrons. The van der Waals surface area contributed by atoms with Crippen molar-refractivity contribution in [2.45, 2.75) is 20.4 Å². The zero-order chi connectivity index (χ0) is 22.2. The number of para-hydroxylation sites is 1. The second-order valence-electron chi connectivity index (χ2n) is 6.90. The highest BCUT2D eigenvalue weighted by molar-refractivity contribution is 5.96. The largest absolute Gasteiger partial charge is 0.493 e. The van der Waals surface area contributed by atoms with Gasteiger partial charge in [-0.15, -0.1) is 0 Å². The van der Waals surface area contributed by atoms with E-state index in [-0.39, 0.29) is 19.1 Å². The van der Waals surface area contributed by atoms with Gasteiger partial charge in [0, 0.05) is 18.7 Å². The van der Waals surface area contributed by atoms with E-state index in [4.69, 9.17) is 18.9 Å². The fourth-order valence-corrected chi connectivity index (χ4v) is 3.23. The first kappa shape index (κ1) is 22.2. The SMILES string of the molecule is CCOc1ccc(CN(CC)C(=O)COC(=O)C2=Cc3ccccc3OC2)cc1OC. The molecular weight excluding hydrogens is 398 g/mol. The topological polar surface area (TPSA) is 74.3 Å². The lowest BCUT2D eigenvalue weighted by Gasteiger charge is -2.22. The Hall–Kier alpha value is -3.48. The molecule has 2 aromatic rings. The molecule has 0 spiro atoms. The van der Waals surface area contributed by atoms with Gasteiger partial charge in [-0.1, -0.05) is 24.3 Å². The van der Waals surface area contributed by atoms with Crippen LogP contribution in [0.5, 0.6) is 17.2 Å². The lowest BCUT2D eigenvalue weighted by molar-refractivity contribution is -0.149. The van der Waals surface area contributed by atoms with Crippen molar-refractivity contribution in [2.75, 3.05) is 33.5 Å². The molecule has 0 fully saturated rings. The number of esters is 1. The second kappa shape index (κ2) is 10.5. The van der Waals surface area contributed by atoms with Crippen molar-refractivity contribution in [3.63, 3.8) is 0 Å². The monoisotopic (exact) mass is 425 g/mol. The van der Waals surface area contributed by atoms with Gasteiger partial charge in [-0.2, -0.15) is 0 Å². The first-order valence-electron chi connectivity index (χ1n) is 10.2. The van der Waals surface area contributed by atoms with Crippen molar-refractivity contribution >= 4 is 18.0 Å². The number of carbonyl (C=O) groups is 2. The van der Waals surface area contributed by atoms with Gasteiger partial charge in [0.15, 0.2) is 18.1 Å². The second-order valence-corrected chi connectivity index (χ2v) is 6.90.